The van der Waals surface area contributed by atoms with Crippen molar-refractivity contribution in [2.75, 3.05) is 6.61 Å². The third-order valence-corrected chi connectivity index (χ3v) is 1.67. The van der Waals surface area contributed by atoms with E-state index in [1.165, 1.54) is 12.3 Å². The molecule has 0 aliphatic rings. The first-order valence-corrected chi connectivity index (χ1v) is 4.35. The molecule has 15 heavy (non-hydrogen) atoms. The minimum absolute atomic E-state index is 0.00144. The highest BCUT2D eigenvalue weighted by molar-refractivity contribution is 5.52. The van der Waals surface area contributed by atoms with Crippen molar-refractivity contribution in [2.24, 2.45) is 0 Å². The number of nitrogens with zero attached hydrogens (tertiary/aromatic N) is 1. The van der Waals surface area contributed by atoms with Crippen LogP contribution in [0.1, 0.15) is 18.1 Å². The van der Waals surface area contributed by atoms with Crippen LogP contribution in [0, 0.1) is 0 Å². The molecule has 1 rings (SSSR count). The van der Waals surface area contributed by atoms with Crippen molar-refractivity contribution in [3.05, 3.63) is 35.8 Å². The van der Waals surface area contributed by atoms with Gasteiger partial charge < -0.3 is 4.74 Å². The van der Waals surface area contributed by atoms with Gasteiger partial charge in [-0.25, -0.2) is 0 Å². The average molecular weight is 217 g/mol. The van der Waals surface area contributed by atoms with Gasteiger partial charge in [0.05, 0.1) is 18.4 Å². The quantitative estimate of drug-likeness (QED) is 0.726. The van der Waals surface area contributed by atoms with Crippen molar-refractivity contribution in [3.63, 3.8) is 0 Å². The van der Waals surface area contributed by atoms with Gasteiger partial charge in [0.2, 0.25) is 0 Å². The van der Waals surface area contributed by atoms with Crippen LogP contribution in [0.3, 0.4) is 0 Å². The third kappa shape index (κ3) is 3.27. The molecular formula is C10H10F3NO. The Morgan fingerprint density at radius 3 is 2.80 bits per heavy atom. The zero-order valence-corrected chi connectivity index (χ0v) is 8.08. The summed E-state index contributed by atoms with van der Waals surface area (Å²) in [4.78, 5) is 3.63. The van der Waals surface area contributed by atoms with E-state index in [0.29, 0.717) is 6.61 Å². The van der Waals surface area contributed by atoms with Gasteiger partial charge in [-0.05, 0) is 19.1 Å². The number of pyridine rings is 1. The number of aromatic nitrogens is 1. The number of hydrogen-bond donors (Lipinski definition) is 0. The van der Waals surface area contributed by atoms with E-state index in [4.69, 9.17) is 4.74 Å². The van der Waals surface area contributed by atoms with Crippen molar-refractivity contribution in [3.8, 4) is 0 Å². The molecule has 5 heteroatoms. The number of alkyl halides is 3. The lowest BCUT2D eigenvalue weighted by Crippen LogP contribution is -2.07. The highest BCUT2D eigenvalue weighted by Gasteiger charge is 2.32. The lowest BCUT2D eigenvalue weighted by Gasteiger charge is -2.08. The largest absolute Gasteiger partial charge is 0.501 e. The molecule has 2 nitrogen and oxygen atoms in total. The van der Waals surface area contributed by atoms with Crippen LogP contribution < -0.4 is 0 Å². The molecule has 0 fully saturated rings. The summed E-state index contributed by atoms with van der Waals surface area (Å²) in [5, 5.41) is 0. The summed E-state index contributed by atoms with van der Waals surface area (Å²) >= 11 is 0. The van der Waals surface area contributed by atoms with E-state index >= 15 is 0 Å². The van der Waals surface area contributed by atoms with Gasteiger partial charge in [0.25, 0.3) is 0 Å². The highest BCUT2D eigenvalue weighted by atomic mass is 19.4. The van der Waals surface area contributed by atoms with Gasteiger partial charge in [-0.15, -0.1) is 0 Å². The summed E-state index contributed by atoms with van der Waals surface area (Å²) in [5.74, 6) is 0. The van der Waals surface area contributed by atoms with Crippen LogP contribution in [0.15, 0.2) is 24.7 Å². The number of halogens is 3. The normalized spacial score (nSPS) is 12.0. The van der Waals surface area contributed by atoms with Gasteiger partial charge in [0, 0.05) is 18.0 Å². The molecule has 0 unspecified atom stereocenters. The fraction of sp³-hybridized carbons (Fsp3) is 0.300. The molecule has 0 amide bonds. The van der Waals surface area contributed by atoms with E-state index in [9.17, 15) is 13.2 Å². The Morgan fingerprint density at radius 1 is 1.47 bits per heavy atom. The minimum atomic E-state index is -4.37. The summed E-state index contributed by atoms with van der Waals surface area (Å²) < 4.78 is 42.2. The van der Waals surface area contributed by atoms with Crippen molar-refractivity contribution >= 4 is 6.08 Å². The van der Waals surface area contributed by atoms with Crippen molar-refractivity contribution in [1.82, 2.24) is 4.98 Å². The molecule has 1 heterocycles. The van der Waals surface area contributed by atoms with E-state index in [-0.39, 0.29) is 5.56 Å². The smallest absolute Gasteiger partial charge is 0.417 e. The first-order chi connectivity index (χ1) is 7.05. The van der Waals surface area contributed by atoms with Crippen LogP contribution in [-0.4, -0.2) is 11.6 Å². The minimum Gasteiger partial charge on any atom is -0.501 e. The van der Waals surface area contributed by atoms with Crippen molar-refractivity contribution < 1.29 is 17.9 Å². The van der Waals surface area contributed by atoms with Crippen LogP contribution in [0.5, 0.6) is 0 Å². The number of ether oxygens (including phenoxy) is 1. The molecule has 0 aliphatic heterocycles. The monoisotopic (exact) mass is 217 g/mol. The fourth-order valence-electron chi connectivity index (χ4n) is 1.02. The van der Waals surface area contributed by atoms with Gasteiger partial charge in [0.1, 0.15) is 0 Å². The Balaban J connectivity index is 2.97. The van der Waals surface area contributed by atoms with Gasteiger partial charge in [-0.2, -0.15) is 13.2 Å². The maximum atomic E-state index is 12.5. The van der Waals surface area contributed by atoms with Gasteiger partial charge in [0.15, 0.2) is 0 Å². The van der Waals surface area contributed by atoms with Crippen LogP contribution in [0.2, 0.25) is 0 Å². The number of rotatable bonds is 3. The van der Waals surface area contributed by atoms with Gasteiger partial charge in [-0.1, -0.05) is 0 Å². The molecule has 0 radical (unpaired) electrons. The summed E-state index contributed by atoms with van der Waals surface area (Å²) in [6, 6.07) is 0.936. The second kappa shape index (κ2) is 4.82. The molecule has 0 bridgehead atoms. The lowest BCUT2D eigenvalue weighted by molar-refractivity contribution is -0.137. The molecule has 0 spiro atoms. The Labute approximate surface area is 85.4 Å². The summed E-state index contributed by atoms with van der Waals surface area (Å²) in [6.45, 7) is 2.16. The predicted molar refractivity (Wildman–Crippen MR) is 49.9 cm³/mol. The third-order valence-electron chi connectivity index (χ3n) is 1.67. The summed E-state index contributed by atoms with van der Waals surface area (Å²) in [6.07, 6.45) is 0.375. The van der Waals surface area contributed by atoms with E-state index in [1.54, 1.807) is 6.92 Å². The second-order valence-electron chi connectivity index (χ2n) is 2.72. The Hall–Kier alpha value is -1.52. The summed E-state index contributed by atoms with van der Waals surface area (Å²) in [7, 11) is 0. The van der Waals surface area contributed by atoms with Crippen LogP contribution in [0.4, 0.5) is 13.2 Å². The predicted octanol–water partition coefficient (Wildman–Crippen LogP) is 3.11. The molecule has 0 aromatic carbocycles. The molecular weight excluding hydrogens is 207 g/mol. The number of hydrogen-bond acceptors (Lipinski definition) is 2. The molecule has 1 aromatic heterocycles. The molecule has 0 saturated heterocycles. The van der Waals surface area contributed by atoms with E-state index < -0.39 is 11.7 Å². The van der Waals surface area contributed by atoms with Gasteiger partial charge >= 0.3 is 6.18 Å². The van der Waals surface area contributed by atoms with Crippen LogP contribution >= 0.6 is 0 Å². The molecule has 0 saturated carbocycles. The SMILES string of the molecule is CCOC=Cc1cnccc1C(F)(F)F. The highest BCUT2D eigenvalue weighted by Crippen LogP contribution is 2.31. The van der Waals surface area contributed by atoms with Crippen LogP contribution in [-0.2, 0) is 10.9 Å². The zero-order valence-electron chi connectivity index (χ0n) is 8.08. The first-order valence-electron chi connectivity index (χ1n) is 4.35. The molecule has 0 aliphatic carbocycles. The van der Waals surface area contributed by atoms with Crippen molar-refractivity contribution in [2.45, 2.75) is 13.1 Å². The Bertz CT molecular complexity index is 347. The van der Waals surface area contributed by atoms with Gasteiger partial charge in [-0.3, -0.25) is 4.98 Å². The summed E-state index contributed by atoms with van der Waals surface area (Å²) in [5.41, 5.74) is -0.716. The molecule has 0 N–H and O–H groups in total. The van der Waals surface area contributed by atoms with Crippen molar-refractivity contribution in [1.29, 1.82) is 0 Å². The topological polar surface area (TPSA) is 22.1 Å². The fourth-order valence-corrected chi connectivity index (χ4v) is 1.02. The zero-order chi connectivity index (χ0) is 11.3. The van der Waals surface area contributed by atoms with E-state index in [2.05, 4.69) is 4.98 Å². The van der Waals surface area contributed by atoms with E-state index in [0.717, 1.165) is 18.5 Å². The maximum absolute atomic E-state index is 12.5. The average Bonchev–Trinajstić information content (AvgIpc) is 2.17. The standard InChI is InChI=1S/C10H10F3NO/c1-2-15-6-4-8-7-14-5-3-9(8)10(11,12)13/h3-7H,2H2,1H3. The maximum Gasteiger partial charge on any atom is 0.417 e. The van der Waals surface area contributed by atoms with Crippen LogP contribution in [0.25, 0.3) is 6.08 Å². The first kappa shape index (κ1) is 11.6. The Morgan fingerprint density at radius 2 is 2.20 bits per heavy atom. The lowest BCUT2D eigenvalue weighted by atomic mass is 10.1. The molecule has 1 aromatic rings. The molecule has 82 valence electrons. The van der Waals surface area contributed by atoms with E-state index in [1.807, 2.05) is 0 Å². The second-order valence-corrected chi connectivity index (χ2v) is 2.72. The Kier molecular flexibility index (Phi) is 3.71. The molecule has 0 atom stereocenters.